The lowest BCUT2D eigenvalue weighted by Gasteiger charge is -2.35. The van der Waals surface area contributed by atoms with E-state index in [-0.39, 0.29) is 5.78 Å². The number of nitrogens with one attached hydrogen (secondary N) is 1. The fourth-order valence-electron chi connectivity index (χ4n) is 3.97. The Morgan fingerprint density at radius 1 is 1.08 bits per heavy atom. The molecule has 2 aromatic rings. The molecule has 0 bridgehead atoms. The van der Waals surface area contributed by atoms with Gasteiger partial charge in [0.25, 0.3) is 0 Å². The summed E-state index contributed by atoms with van der Waals surface area (Å²) < 4.78 is 10.7. The first kappa shape index (κ1) is 29.7. The lowest BCUT2D eigenvalue weighted by Crippen LogP contribution is -2.48. The SMILES string of the molecule is COCCN(CCOC)c1cc(NCc2ccc(Cl)cc2Cl)nc(N2CCN(CC(=O)CSC)CC2)n1. The minimum atomic E-state index is 0.262. The molecule has 9 nitrogen and oxygen atoms in total. The number of carbonyl (C=O) groups is 1. The molecular weight excluding hydrogens is 535 g/mol. The molecule has 1 aromatic heterocycles. The molecule has 1 aliphatic heterocycles. The number of anilines is 3. The second-order valence-electron chi connectivity index (χ2n) is 8.71. The van der Waals surface area contributed by atoms with E-state index in [1.54, 1.807) is 32.0 Å². The standard InChI is InChI=1S/C25H36Cl2N6O3S/c1-35-12-10-32(11-13-36-2)24-15-23(28-16-19-4-5-20(26)14-22(19)27)29-25(30-24)33-8-6-31(7-9-33)17-21(34)18-37-3/h4-5,14-15H,6-13,16-18H2,1-3H3,(H,28,29,30). The largest absolute Gasteiger partial charge is 0.383 e. The van der Waals surface area contributed by atoms with E-state index in [9.17, 15) is 4.79 Å². The van der Waals surface area contributed by atoms with Crippen molar-refractivity contribution in [2.45, 2.75) is 6.54 Å². The molecule has 0 radical (unpaired) electrons. The van der Waals surface area contributed by atoms with Crippen LogP contribution < -0.4 is 15.1 Å². The van der Waals surface area contributed by atoms with Crippen molar-refractivity contribution < 1.29 is 14.3 Å². The molecular formula is C25H36Cl2N6O3S. The Morgan fingerprint density at radius 2 is 1.78 bits per heavy atom. The molecule has 12 heteroatoms. The maximum Gasteiger partial charge on any atom is 0.229 e. The molecule has 0 unspecified atom stereocenters. The van der Waals surface area contributed by atoms with Gasteiger partial charge in [-0.05, 0) is 24.0 Å². The van der Waals surface area contributed by atoms with Crippen molar-refractivity contribution in [1.82, 2.24) is 14.9 Å². The number of carbonyl (C=O) groups excluding carboxylic acids is 1. The normalized spacial score (nSPS) is 14.1. The number of piperazine rings is 1. The van der Waals surface area contributed by atoms with E-state index in [1.165, 1.54) is 0 Å². The Hall–Kier alpha value is -1.82. The minimum absolute atomic E-state index is 0.262. The summed E-state index contributed by atoms with van der Waals surface area (Å²) in [5, 5.41) is 4.60. The first-order valence-corrected chi connectivity index (χ1v) is 14.4. The van der Waals surface area contributed by atoms with E-state index in [0.29, 0.717) is 67.0 Å². The van der Waals surface area contributed by atoms with Gasteiger partial charge in [-0.1, -0.05) is 29.3 Å². The number of hydrogen-bond acceptors (Lipinski definition) is 10. The molecule has 0 saturated carbocycles. The van der Waals surface area contributed by atoms with Crippen LogP contribution in [-0.4, -0.2) is 106 Å². The van der Waals surface area contributed by atoms with Crippen LogP contribution in [0.25, 0.3) is 0 Å². The molecule has 1 aromatic carbocycles. The van der Waals surface area contributed by atoms with Crippen molar-refractivity contribution in [1.29, 1.82) is 0 Å². The Balaban J connectivity index is 1.80. The number of ether oxygens (including phenoxy) is 2. The smallest absolute Gasteiger partial charge is 0.229 e. The predicted octanol–water partition coefficient (Wildman–Crippen LogP) is 3.55. The molecule has 1 N–H and O–H groups in total. The summed E-state index contributed by atoms with van der Waals surface area (Å²) in [6.45, 7) is 6.52. The number of benzene rings is 1. The highest BCUT2D eigenvalue weighted by molar-refractivity contribution is 7.99. The maximum absolute atomic E-state index is 12.1. The van der Waals surface area contributed by atoms with E-state index >= 15 is 0 Å². The van der Waals surface area contributed by atoms with Crippen molar-refractivity contribution in [3.63, 3.8) is 0 Å². The summed E-state index contributed by atoms with van der Waals surface area (Å²) in [6.07, 6.45) is 1.95. The molecule has 204 valence electrons. The molecule has 0 spiro atoms. The van der Waals surface area contributed by atoms with Crippen LogP contribution in [0, 0.1) is 0 Å². The van der Waals surface area contributed by atoms with Crippen molar-refractivity contribution >= 4 is 58.3 Å². The van der Waals surface area contributed by atoms with Crippen LogP contribution >= 0.6 is 35.0 Å². The van der Waals surface area contributed by atoms with E-state index in [2.05, 4.69) is 20.0 Å². The van der Waals surface area contributed by atoms with Crippen molar-refractivity contribution in [3.05, 3.63) is 39.9 Å². The minimum Gasteiger partial charge on any atom is -0.383 e. The molecule has 1 aliphatic rings. The van der Waals surface area contributed by atoms with Gasteiger partial charge < -0.3 is 24.6 Å². The third-order valence-electron chi connectivity index (χ3n) is 5.99. The second-order valence-corrected chi connectivity index (χ2v) is 10.4. The number of hydrogen-bond donors (Lipinski definition) is 1. The number of aromatic nitrogens is 2. The highest BCUT2D eigenvalue weighted by atomic mass is 35.5. The number of thioether (sulfide) groups is 1. The summed E-state index contributed by atoms with van der Waals surface area (Å²) in [6, 6.07) is 7.40. The van der Waals surface area contributed by atoms with Crippen LogP contribution in [0.4, 0.5) is 17.6 Å². The summed E-state index contributed by atoms with van der Waals surface area (Å²) in [7, 11) is 3.37. The van der Waals surface area contributed by atoms with Gasteiger partial charge in [0.05, 0.1) is 25.5 Å². The topological polar surface area (TPSA) is 83.1 Å². The van der Waals surface area contributed by atoms with Crippen molar-refractivity contribution in [2.24, 2.45) is 0 Å². The van der Waals surface area contributed by atoms with Crippen LogP contribution in [0.5, 0.6) is 0 Å². The molecule has 1 fully saturated rings. The van der Waals surface area contributed by atoms with Crippen LogP contribution in [0.3, 0.4) is 0 Å². The average Bonchev–Trinajstić information content (AvgIpc) is 2.88. The van der Waals surface area contributed by atoms with Gasteiger partial charge in [-0.15, -0.1) is 0 Å². The second kappa shape index (κ2) is 15.6. The summed E-state index contributed by atoms with van der Waals surface area (Å²) in [5.41, 5.74) is 0.923. The van der Waals surface area contributed by atoms with Crippen molar-refractivity contribution in [3.8, 4) is 0 Å². The number of methoxy groups -OCH3 is 2. The summed E-state index contributed by atoms with van der Waals surface area (Å²) >= 11 is 14.0. The van der Waals surface area contributed by atoms with Gasteiger partial charge in [-0.2, -0.15) is 21.7 Å². The first-order chi connectivity index (χ1) is 17.9. The lowest BCUT2D eigenvalue weighted by molar-refractivity contribution is -0.117. The van der Waals surface area contributed by atoms with Gasteiger partial charge in [0.1, 0.15) is 11.6 Å². The number of rotatable bonds is 15. The van der Waals surface area contributed by atoms with E-state index < -0.39 is 0 Å². The fourth-order valence-corrected chi connectivity index (χ4v) is 4.86. The summed E-state index contributed by atoms with van der Waals surface area (Å²) in [4.78, 5) is 28.3. The van der Waals surface area contributed by atoms with Crippen LogP contribution in [0.15, 0.2) is 24.3 Å². The van der Waals surface area contributed by atoms with E-state index in [1.807, 2.05) is 24.5 Å². The van der Waals surface area contributed by atoms with Crippen LogP contribution in [0.1, 0.15) is 5.56 Å². The molecule has 1 saturated heterocycles. The van der Waals surface area contributed by atoms with Crippen LogP contribution in [0.2, 0.25) is 10.0 Å². The quantitative estimate of drug-likeness (QED) is 0.343. The Morgan fingerprint density at radius 3 is 2.41 bits per heavy atom. The Labute approximate surface area is 233 Å². The van der Waals surface area contributed by atoms with Gasteiger partial charge in [-0.25, -0.2) is 0 Å². The monoisotopic (exact) mass is 570 g/mol. The van der Waals surface area contributed by atoms with E-state index in [0.717, 1.165) is 37.6 Å². The summed E-state index contributed by atoms with van der Waals surface area (Å²) in [5.74, 6) is 2.96. The highest BCUT2D eigenvalue weighted by Gasteiger charge is 2.22. The zero-order valence-electron chi connectivity index (χ0n) is 21.7. The zero-order valence-corrected chi connectivity index (χ0v) is 24.0. The highest BCUT2D eigenvalue weighted by Crippen LogP contribution is 2.25. The van der Waals surface area contributed by atoms with Crippen molar-refractivity contribution in [2.75, 3.05) is 100 Å². The third-order valence-corrected chi connectivity index (χ3v) is 7.19. The molecule has 0 atom stereocenters. The maximum atomic E-state index is 12.1. The molecule has 0 amide bonds. The van der Waals surface area contributed by atoms with E-state index in [4.69, 9.17) is 42.6 Å². The average molecular weight is 572 g/mol. The van der Waals surface area contributed by atoms with Gasteiger partial charge in [-0.3, -0.25) is 9.69 Å². The zero-order chi connectivity index (χ0) is 26.6. The van der Waals surface area contributed by atoms with Gasteiger partial charge in [0.2, 0.25) is 5.95 Å². The predicted molar refractivity (Wildman–Crippen MR) is 154 cm³/mol. The molecule has 37 heavy (non-hydrogen) atoms. The Bertz CT molecular complexity index is 1000. The third kappa shape index (κ3) is 9.46. The number of halogens is 2. The number of nitrogens with zero attached hydrogens (tertiary/aromatic N) is 5. The van der Waals surface area contributed by atoms with Gasteiger partial charge >= 0.3 is 0 Å². The lowest BCUT2D eigenvalue weighted by atomic mass is 10.2. The number of ketones is 1. The number of Topliss-reactive ketones (excluding diaryl/α,β-unsaturated/α-hetero) is 1. The molecule has 2 heterocycles. The van der Waals surface area contributed by atoms with Gasteiger partial charge in [0, 0.05) is 76.1 Å². The molecule has 3 rings (SSSR count). The molecule has 0 aliphatic carbocycles. The van der Waals surface area contributed by atoms with Gasteiger partial charge in [0.15, 0.2) is 5.78 Å². The fraction of sp³-hybridized carbons (Fsp3) is 0.560. The Kier molecular flexibility index (Phi) is 12.5. The first-order valence-electron chi connectivity index (χ1n) is 12.2. The van der Waals surface area contributed by atoms with Crippen LogP contribution in [-0.2, 0) is 20.8 Å².